The molecule has 0 saturated heterocycles. The highest BCUT2D eigenvalue weighted by Crippen LogP contribution is 2.26. The number of nitrogens with one attached hydrogen (secondary N) is 2. The van der Waals surface area contributed by atoms with Crippen LogP contribution < -0.4 is 10.6 Å². The maximum atomic E-state index is 11.0. The topological polar surface area (TPSA) is 63.2 Å². The van der Waals surface area contributed by atoms with Crippen molar-refractivity contribution in [2.24, 2.45) is 0 Å². The van der Waals surface area contributed by atoms with Crippen LogP contribution in [0.1, 0.15) is 12.8 Å². The van der Waals surface area contributed by atoms with E-state index >= 15 is 0 Å². The Bertz CT molecular complexity index is 425. The number of fused-ring (bicyclic) bond motifs is 1. The molecule has 2 N–H and O–H groups in total. The Morgan fingerprint density at radius 2 is 2.47 bits per heavy atom. The summed E-state index contributed by atoms with van der Waals surface area (Å²) < 4.78 is 4.61. The van der Waals surface area contributed by atoms with Crippen LogP contribution in [-0.4, -0.2) is 30.6 Å². The average molecular weight is 256 g/mol. The summed E-state index contributed by atoms with van der Waals surface area (Å²) >= 11 is 5.82. The fourth-order valence-electron chi connectivity index (χ4n) is 1.73. The number of rotatable bonds is 3. The van der Waals surface area contributed by atoms with Crippen LogP contribution in [0.5, 0.6) is 0 Å². The molecule has 0 saturated carbocycles. The van der Waals surface area contributed by atoms with E-state index in [2.05, 4.69) is 20.4 Å². The first kappa shape index (κ1) is 12.0. The standard InChI is InChI=1S/C11H14ClN3O2/c1-17-10(16)5-2-7-6-13-8-3-4-9(12)15-11(8)14-7/h3-4,7,13H,2,5-6H2,1H3,(H,14,15)/t7-/m0/s1. The van der Waals surface area contributed by atoms with Gasteiger partial charge in [-0.3, -0.25) is 4.79 Å². The molecule has 0 bridgehead atoms. The third-order valence-electron chi connectivity index (χ3n) is 2.67. The summed E-state index contributed by atoms with van der Waals surface area (Å²) in [6, 6.07) is 3.78. The second-order valence-electron chi connectivity index (χ2n) is 3.87. The van der Waals surface area contributed by atoms with Crippen LogP contribution in [0.15, 0.2) is 12.1 Å². The van der Waals surface area contributed by atoms with Gasteiger partial charge in [0.15, 0.2) is 5.82 Å². The molecule has 0 radical (unpaired) electrons. The van der Waals surface area contributed by atoms with Gasteiger partial charge in [0.2, 0.25) is 0 Å². The first-order chi connectivity index (χ1) is 8.19. The molecule has 1 atom stereocenters. The zero-order valence-corrected chi connectivity index (χ0v) is 10.3. The number of pyridine rings is 1. The largest absolute Gasteiger partial charge is 0.469 e. The minimum Gasteiger partial charge on any atom is -0.469 e. The predicted octanol–water partition coefficient (Wildman–Crippen LogP) is 1.89. The van der Waals surface area contributed by atoms with E-state index in [1.165, 1.54) is 7.11 Å². The lowest BCUT2D eigenvalue weighted by atomic mass is 10.1. The van der Waals surface area contributed by atoms with Crippen molar-refractivity contribution in [1.82, 2.24) is 4.98 Å². The highest BCUT2D eigenvalue weighted by Gasteiger charge is 2.19. The number of hydrogen-bond donors (Lipinski definition) is 2. The number of carbonyl (C=O) groups excluding carboxylic acids is 1. The maximum Gasteiger partial charge on any atom is 0.305 e. The zero-order valence-electron chi connectivity index (χ0n) is 9.50. The fourth-order valence-corrected chi connectivity index (χ4v) is 1.88. The van der Waals surface area contributed by atoms with Crippen molar-refractivity contribution in [2.45, 2.75) is 18.9 Å². The number of methoxy groups -OCH3 is 1. The Kier molecular flexibility index (Phi) is 3.68. The van der Waals surface area contributed by atoms with Crippen LogP contribution in [0, 0.1) is 0 Å². The molecule has 0 fully saturated rings. The highest BCUT2D eigenvalue weighted by molar-refractivity contribution is 6.29. The number of aromatic nitrogens is 1. The first-order valence-electron chi connectivity index (χ1n) is 5.43. The van der Waals surface area contributed by atoms with Crippen LogP contribution in [-0.2, 0) is 9.53 Å². The lowest BCUT2D eigenvalue weighted by molar-refractivity contribution is -0.140. The van der Waals surface area contributed by atoms with Gasteiger partial charge in [-0.25, -0.2) is 4.98 Å². The average Bonchev–Trinajstić information content (AvgIpc) is 2.35. The zero-order chi connectivity index (χ0) is 12.3. The molecule has 0 amide bonds. The van der Waals surface area contributed by atoms with Crippen LogP contribution in [0.3, 0.4) is 0 Å². The highest BCUT2D eigenvalue weighted by atomic mass is 35.5. The number of nitrogens with zero attached hydrogens (tertiary/aromatic N) is 1. The molecule has 17 heavy (non-hydrogen) atoms. The Morgan fingerprint density at radius 1 is 1.65 bits per heavy atom. The van der Waals surface area contributed by atoms with Crippen molar-refractivity contribution < 1.29 is 9.53 Å². The molecule has 1 aromatic rings. The van der Waals surface area contributed by atoms with Crippen molar-refractivity contribution in [3.63, 3.8) is 0 Å². The Balaban J connectivity index is 1.96. The van der Waals surface area contributed by atoms with Crippen molar-refractivity contribution in [3.05, 3.63) is 17.3 Å². The lowest BCUT2D eigenvalue weighted by Gasteiger charge is -2.27. The van der Waals surface area contributed by atoms with Gasteiger partial charge in [0.1, 0.15) is 5.15 Å². The molecule has 92 valence electrons. The van der Waals surface area contributed by atoms with E-state index in [0.717, 1.165) is 18.1 Å². The number of halogens is 1. The van der Waals surface area contributed by atoms with Gasteiger partial charge in [-0.2, -0.15) is 0 Å². The molecule has 1 aliphatic heterocycles. The van der Waals surface area contributed by atoms with Crippen LogP contribution in [0.25, 0.3) is 0 Å². The molecule has 5 nitrogen and oxygen atoms in total. The Labute approximate surface area is 105 Å². The van der Waals surface area contributed by atoms with E-state index in [1.807, 2.05) is 6.07 Å². The molecule has 6 heteroatoms. The molecule has 2 rings (SSSR count). The van der Waals surface area contributed by atoms with Crippen LogP contribution >= 0.6 is 11.6 Å². The van der Waals surface area contributed by atoms with Gasteiger partial charge in [0.05, 0.1) is 12.8 Å². The molecular formula is C11H14ClN3O2. The number of anilines is 2. The summed E-state index contributed by atoms with van der Waals surface area (Å²) in [5, 5.41) is 6.95. The smallest absolute Gasteiger partial charge is 0.305 e. The molecule has 0 aromatic carbocycles. The summed E-state index contributed by atoms with van der Waals surface area (Å²) in [5.41, 5.74) is 0.934. The molecule has 1 aromatic heterocycles. The van der Waals surface area contributed by atoms with E-state index in [9.17, 15) is 4.79 Å². The van der Waals surface area contributed by atoms with Gasteiger partial charge in [-0.05, 0) is 18.6 Å². The van der Waals surface area contributed by atoms with Gasteiger partial charge in [-0.1, -0.05) is 11.6 Å². The van der Waals surface area contributed by atoms with E-state index in [-0.39, 0.29) is 12.0 Å². The molecular weight excluding hydrogens is 242 g/mol. The fraction of sp³-hybridized carbons (Fsp3) is 0.455. The van der Waals surface area contributed by atoms with Gasteiger partial charge >= 0.3 is 5.97 Å². The van der Waals surface area contributed by atoms with Gasteiger partial charge in [0, 0.05) is 19.0 Å². The molecule has 0 spiro atoms. The van der Waals surface area contributed by atoms with Crippen molar-refractivity contribution >= 4 is 29.1 Å². The summed E-state index contributed by atoms with van der Waals surface area (Å²) in [6.45, 7) is 0.757. The third-order valence-corrected chi connectivity index (χ3v) is 2.88. The maximum absolute atomic E-state index is 11.0. The SMILES string of the molecule is COC(=O)CC[C@H]1CNc2ccc(Cl)nc2N1. The minimum atomic E-state index is -0.198. The van der Waals surface area contributed by atoms with Crippen LogP contribution in [0.4, 0.5) is 11.5 Å². The first-order valence-corrected chi connectivity index (χ1v) is 5.80. The normalized spacial score (nSPS) is 17.6. The van der Waals surface area contributed by atoms with E-state index in [0.29, 0.717) is 18.0 Å². The molecule has 2 heterocycles. The minimum absolute atomic E-state index is 0.160. The number of carbonyl (C=O) groups is 1. The number of hydrogen-bond acceptors (Lipinski definition) is 5. The molecule has 1 aliphatic rings. The van der Waals surface area contributed by atoms with Gasteiger partial charge < -0.3 is 15.4 Å². The third kappa shape index (κ3) is 3.00. The molecule has 0 aliphatic carbocycles. The van der Waals surface area contributed by atoms with E-state index < -0.39 is 0 Å². The Hall–Kier alpha value is -1.49. The van der Waals surface area contributed by atoms with E-state index in [1.54, 1.807) is 6.07 Å². The lowest BCUT2D eigenvalue weighted by Crippen LogP contribution is -2.34. The number of esters is 1. The van der Waals surface area contributed by atoms with E-state index in [4.69, 9.17) is 11.6 Å². The van der Waals surface area contributed by atoms with Gasteiger partial charge in [0.25, 0.3) is 0 Å². The summed E-state index contributed by atoms with van der Waals surface area (Å²) in [6.07, 6.45) is 1.10. The summed E-state index contributed by atoms with van der Waals surface area (Å²) in [4.78, 5) is 15.2. The molecule has 0 unspecified atom stereocenters. The van der Waals surface area contributed by atoms with Crippen molar-refractivity contribution in [2.75, 3.05) is 24.3 Å². The quantitative estimate of drug-likeness (QED) is 0.638. The van der Waals surface area contributed by atoms with Crippen LogP contribution in [0.2, 0.25) is 5.15 Å². The van der Waals surface area contributed by atoms with Crippen molar-refractivity contribution in [3.8, 4) is 0 Å². The predicted molar refractivity (Wildman–Crippen MR) is 66.4 cm³/mol. The van der Waals surface area contributed by atoms with Crippen molar-refractivity contribution in [1.29, 1.82) is 0 Å². The second-order valence-corrected chi connectivity index (χ2v) is 4.25. The summed E-state index contributed by atoms with van der Waals surface area (Å²) in [5.74, 6) is 0.537. The monoisotopic (exact) mass is 255 g/mol. The Morgan fingerprint density at radius 3 is 3.24 bits per heavy atom. The second kappa shape index (κ2) is 5.23. The summed E-state index contributed by atoms with van der Waals surface area (Å²) in [7, 11) is 1.39. The van der Waals surface area contributed by atoms with Gasteiger partial charge in [-0.15, -0.1) is 0 Å². The number of ether oxygens (including phenoxy) is 1.